The zero-order valence-electron chi connectivity index (χ0n) is 12.0. The van der Waals surface area contributed by atoms with E-state index in [4.69, 9.17) is 5.11 Å². The number of aromatic carboxylic acids is 1. The Labute approximate surface area is 127 Å². The van der Waals surface area contributed by atoms with E-state index in [1.807, 2.05) is 0 Å². The number of pyridine rings is 1. The summed E-state index contributed by atoms with van der Waals surface area (Å²) in [5.41, 5.74) is 0.201. The number of nitrogens with one attached hydrogen (secondary N) is 1. The Kier molecular flexibility index (Phi) is 3.79. The molecule has 116 valence electrons. The van der Waals surface area contributed by atoms with E-state index < -0.39 is 5.97 Å². The predicted octanol–water partition coefficient (Wildman–Crippen LogP) is 0.663. The second-order valence-corrected chi connectivity index (χ2v) is 5.70. The van der Waals surface area contributed by atoms with Gasteiger partial charge in [-0.2, -0.15) is 0 Å². The molecule has 1 aromatic rings. The number of hydrogen-bond donors (Lipinski definition) is 2. The maximum Gasteiger partial charge on any atom is 0.354 e. The fourth-order valence-corrected chi connectivity index (χ4v) is 3.21. The van der Waals surface area contributed by atoms with Gasteiger partial charge in [-0.1, -0.05) is 12.8 Å². The molecular weight excluding hydrogens is 286 g/mol. The minimum atomic E-state index is -1.14. The molecule has 1 aliphatic carbocycles. The zero-order chi connectivity index (χ0) is 15.7. The third kappa shape index (κ3) is 2.66. The molecule has 22 heavy (non-hydrogen) atoms. The van der Waals surface area contributed by atoms with E-state index in [0.29, 0.717) is 5.56 Å². The van der Waals surface area contributed by atoms with Gasteiger partial charge in [0.1, 0.15) is 12.2 Å². The molecule has 0 aromatic carbocycles. The summed E-state index contributed by atoms with van der Waals surface area (Å²) in [4.78, 5) is 40.6. The van der Waals surface area contributed by atoms with E-state index in [1.54, 1.807) is 4.90 Å². The van der Waals surface area contributed by atoms with Crippen LogP contribution in [0.25, 0.3) is 0 Å². The topological polar surface area (TPSA) is 99.6 Å². The Bertz CT molecular complexity index is 614. The van der Waals surface area contributed by atoms with Gasteiger partial charge >= 0.3 is 5.97 Å². The van der Waals surface area contributed by atoms with Crippen LogP contribution in [0.3, 0.4) is 0 Å². The molecule has 7 nitrogen and oxygen atoms in total. The van der Waals surface area contributed by atoms with Crippen LogP contribution in [-0.4, -0.2) is 51.4 Å². The number of carbonyl (C=O) groups excluding carboxylic acids is 2. The molecule has 2 heterocycles. The van der Waals surface area contributed by atoms with Crippen molar-refractivity contribution >= 4 is 17.8 Å². The van der Waals surface area contributed by atoms with Gasteiger partial charge in [0.25, 0.3) is 5.91 Å². The van der Waals surface area contributed by atoms with Gasteiger partial charge in [0.15, 0.2) is 0 Å². The van der Waals surface area contributed by atoms with Gasteiger partial charge in [-0.15, -0.1) is 0 Å². The first-order chi connectivity index (χ1) is 10.6. The Morgan fingerprint density at radius 2 is 2.05 bits per heavy atom. The minimum Gasteiger partial charge on any atom is -0.477 e. The first-order valence-corrected chi connectivity index (χ1v) is 7.36. The first-order valence-electron chi connectivity index (χ1n) is 7.36. The molecule has 2 amide bonds. The SMILES string of the molecule is O=C1CN(C(=O)c2ccc(C(=O)O)nc2)C2CCCCC2N1. The lowest BCUT2D eigenvalue weighted by atomic mass is 9.87. The van der Waals surface area contributed by atoms with Gasteiger partial charge in [0, 0.05) is 12.2 Å². The van der Waals surface area contributed by atoms with Crippen LogP contribution in [0.15, 0.2) is 18.3 Å². The lowest BCUT2D eigenvalue weighted by Crippen LogP contribution is -2.62. The van der Waals surface area contributed by atoms with Crippen molar-refractivity contribution in [2.75, 3.05) is 6.54 Å². The molecule has 1 aromatic heterocycles. The molecule has 2 N–H and O–H groups in total. The van der Waals surface area contributed by atoms with Gasteiger partial charge in [-0.05, 0) is 25.0 Å². The van der Waals surface area contributed by atoms with E-state index in [0.717, 1.165) is 25.7 Å². The number of fused-ring (bicyclic) bond motifs is 1. The predicted molar refractivity (Wildman–Crippen MR) is 76.4 cm³/mol. The van der Waals surface area contributed by atoms with Crippen LogP contribution in [0.5, 0.6) is 0 Å². The fourth-order valence-electron chi connectivity index (χ4n) is 3.21. The lowest BCUT2D eigenvalue weighted by molar-refractivity contribution is -0.127. The summed E-state index contributed by atoms with van der Waals surface area (Å²) in [5, 5.41) is 11.8. The summed E-state index contributed by atoms with van der Waals surface area (Å²) in [6, 6.07) is 2.78. The van der Waals surface area contributed by atoms with Crippen LogP contribution in [0, 0.1) is 0 Å². The number of piperazine rings is 1. The van der Waals surface area contributed by atoms with Crippen LogP contribution in [0.1, 0.15) is 46.5 Å². The van der Waals surface area contributed by atoms with E-state index >= 15 is 0 Å². The smallest absolute Gasteiger partial charge is 0.354 e. The van der Waals surface area contributed by atoms with Crippen LogP contribution < -0.4 is 5.32 Å². The van der Waals surface area contributed by atoms with Crippen molar-refractivity contribution in [3.63, 3.8) is 0 Å². The molecule has 7 heteroatoms. The average Bonchev–Trinajstić information content (AvgIpc) is 2.53. The summed E-state index contributed by atoms with van der Waals surface area (Å²) in [6.07, 6.45) is 5.11. The summed E-state index contributed by atoms with van der Waals surface area (Å²) >= 11 is 0. The van der Waals surface area contributed by atoms with E-state index in [2.05, 4.69) is 10.3 Å². The average molecular weight is 303 g/mol. The quantitative estimate of drug-likeness (QED) is 0.836. The zero-order valence-corrected chi connectivity index (χ0v) is 12.0. The fraction of sp³-hybridized carbons (Fsp3) is 0.467. The normalized spacial score (nSPS) is 24.4. The Morgan fingerprint density at radius 3 is 2.73 bits per heavy atom. The number of carboxylic acids is 1. The number of hydrogen-bond acceptors (Lipinski definition) is 4. The van der Waals surface area contributed by atoms with Gasteiger partial charge in [0.05, 0.1) is 11.6 Å². The van der Waals surface area contributed by atoms with Gasteiger partial charge in [0.2, 0.25) is 5.91 Å². The van der Waals surface area contributed by atoms with Crippen LogP contribution >= 0.6 is 0 Å². The standard InChI is InChI=1S/C15H17N3O4/c19-13-8-18(12-4-2-1-3-10(12)17-13)14(20)9-5-6-11(15(21)22)16-7-9/h5-7,10,12H,1-4,8H2,(H,17,19)(H,21,22). The molecule has 1 aliphatic heterocycles. The monoisotopic (exact) mass is 303 g/mol. The van der Waals surface area contributed by atoms with Crippen LogP contribution in [-0.2, 0) is 4.79 Å². The van der Waals surface area contributed by atoms with Gasteiger partial charge in [-0.25, -0.2) is 9.78 Å². The van der Waals surface area contributed by atoms with Gasteiger partial charge in [-0.3, -0.25) is 9.59 Å². The van der Waals surface area contributed by atoms with Crippen molar-refractivity contribution < 1.29 is 19.5 Å². The molecule has 0 radical (unpaired) electrons. The van der Waals surface area contributed by atoms with Crippen LogP contribution in [0.4, 0.5) is 0 Å². The molecule has 2 unspecified atom stereocenters. The largest absolute Gasteiger partial charge is 0.477 e. The van der Waals surface area contributed by atoms with Crippen molar-refractivity contribution in [1.82, 2.24) is 15.2 Å². The Morgan fingerprint density at radius 1 is 1.27 bits per heavy atom. The summed E-state index contributed by atoms with van der Waals surface area (Å²) in [5.74, 6) is -1.55. The van der Waals surface area contributed by atoms with E-state index in [1.165, 1.54) is 18.3 Å². The Balaban J connectivity index is 1.82. The third-order valence-corrected chi connectivity index (χ3v) is 4.28. The van der Waals surface area contributed by atoms with E-state index in [9.17, 15) is 14.4 Å². The van der Waals surface area contributed by atoms with Crippen molar-refractivity contribution in [2.45, 2.75) is 37.8 Å². The van der Waals surface area contributed by atoms with Crippen molar-refractivity contribution in [1.29, 1.82) is 0 Å². The van der Waals surface area contributed by atoms with Crippen molar-refractivity contribution in [3.8, 4) is 0 Å². The Hall–Kier alpha value is -2.44. The summed E-state index contributed by atoms with van der Waals surface area (Å²) < 4.78 is 0. The second kappa shape index (κ2) is 5.75. The number of aromatic nitrogens is 1. The maximum absolute atomic E-state index is 12.6. The highest BCUT2D eigenvalue weighted by molar-refractivity contribution is 5.97. The molecule has 2 fully saturated rings. The molecule has 2 aliphatic rings. The molecule has 3 rings (SSSR count). The summed E-state index contributed by atoms with van der Waals surface area (Å²) in [6.45, 7) is 0.0423. The van der Waals surface area contributed by atoms with Crippen molar-refractivity contribution in [3.05, 3.63) is 29.6 Å². The highest BCUT2D eigenvalue weighted by atomic mass is 16.4. The summed E-state index contributed by atoms with van der Waals surface area (Å²) in [7, 11) is 0. The molecule has 1 saturated heterocycles. The van der Waals surface area contributed by atoms with E-state index in [-0.39, 0.29) is 36.1 Å². The lowest BCUT2D eigenvalue weighted by Gasteiger charge is -2.43. The number of carboxylic acid groups (broad SMARTS) is 1. The number of nitrogens with zero attached hydrogens (tertiary/aromatic N) is 2. The maximum atomic E-state index is 12.6. The number of rotatable bonds is 2. The highest BCUT2D eigenvalue weighted by Crippen LogP contribution is 2.27. The molecule has 2 atom stereocenters. The van der Waals surface area contributed by atoms with Crippen molar-refractivity contribution in [2.24, 2.45) is 0 Å². The first kappa shape index (κ1) is 14.5. The molecule has 1 saturated carbocycles. The molecule has 0 spiro atoms. The third-order valence-electron chi connectivity index (χ3n) is 4.28. The highest BCUT2D eigenvalue weighted by Gasteiger charge is 2.39. The van der Waals surface area contributed by atoms with Crippen LogP contribution in [0.2, 0.25) is 0 Å². The minimum absolute atomic E-state index is 0.0121. The molecule has 0 bridgehead atoms. The molecular formula is C15H17N3O4. The number of amides is 2. The van der Waals surface area contributed by atoms with Gasteiger partial charge < -0.3 is 15.3 Å². The number of carbonyl (C=O) groups is 3. The second-order valence-electron chi connectivity index (χ2n) is 5.70.